The van der Waals surface area contributed by atoms with Crippen molar-refractivity contribution in [2.75, 3.05) is 31.6 Å². The first-order valence-electron chi connectivity index (χ1n) is 8.90. The smallest absolute Gasteiger partial charge is 0.337 e. The number of aromatic carboxylic acids is 1. The first kappa shape index (κ1) is 20.3. The summed E-state index contributed by atoms with van der Waals surface area (Å²) < 4.78 is 7.62. The highest BCUT2D eigenvalue weighted by Gasteiger charge is 2.19. The molecule has 0 atom stereocenters. The van der Waals surface area contributed by atoms with E-state index in [0.717, 1.165) is 34.6 Å². The monoisotopic (exact) mass is 449 g/mol. The molecule has 1 fully saturated rings. The average Bonchev–Trinajstić information content (AvgIpc) is 2.71. The van der Waals surface area contributed by atoms with E-state index in [1.807, 2.05) is 12.1 Å². The zero-order valence-corrected chi connectivity index (χ0v) is 17.5. The fourth-order valence-corrected chi connectivity index (χ4v) is 4.36. The molecule has 0 unspecified atom stereocenters. The van der Waals surface area contributed by atoms with Crippen LogP contribution in [0.2, 0.25) is 10.0 Å². The molecule has 1 aliphatic heterocycles. The molecule has 0 spiro atoms. The number of nitrogens with one attached hydrogen (secondary N) is 1. The zero-order chi connectivity index (χ0) is 20.4. The van der Waals surface area contributed by atoms with Crippen molar-refractivity contribution in [1.82, 2.24) is 9.29 Å². The Hall–Kier alpha value is -2.03. The maximum Gasteiger partial charge on any atom is 0.337 e. The quantitative estimate of drug-likeness (QED) is 0.510. The van der Waals surface area contributed by atoms with Crippen LogP contribution < -0.4 is 5.32 Å². The lowest BCUT2D eigenvalue weighted by Gasteiger charge is -2.26. The standard InChI is InChI=1S/C20H17Cl2N3O3S/c21-12-1-3-16-14(9-12)19(18(11-23-16)29-25-5-7-28-8-6-25)24-17-4-2-13(22)10-15(17)20(26)27/h1-4,9-11H,5-8H2,(H,23,24)(H,26,27). The van der Waals surface area contributed by atoms with E-state index in [0.29, 0.717) is 28.9 Å². The van der Waals surface area contributed by atoms with Gasteiger partial charge in [-0.1, -0.05) is 23.2 Å². The van der Waals surface area contributed by atoms with Crippen LogP contribution >= 0.6 is 35.1 Å². The second kappa shape index (κ2) is 8.77. The van der Waals surface area contributed by atoms with E-state index in [1.54, 1.807) is 36.3 Å². The SMILES string of the molecule is O=C(O)c1cc(Cl)ccc1Nc1c(SN2CCOCC2)cnc2ccc(Cl)cc12. The predicted octanol–water partition coefficient (Wildman–Crippen LogP) is 5.32. The first-order valence-corrected chi connectivity index (χ1v) is 10.4. The summed E-state index contributed by atoms with van der Waals surface area (Å²) in [5.41, 5.74) is 2.04. The Morgan fingerprint density at radius 1 is 1.14 bits per heavy atom. The minimum Gasteiger partial charge on any atom is -0.478 e. The van der Waals surface area contributed by atoms with E-state index in [4.69, 9.17) is 27.9 Å². The molecule has 29 heavy (non-hydrogen) atoms. The Kier molecular flexibility index (Phi) is 6.12. The highest BCUT2D eigenvalue weighted by atomic mass is 35.5. The first-order chi connectivity index (χ1) is 14.0. The summed E-state index contributed by atoms with van der Waals surface area (Å²) in [6.45, 7) is 2.92. The largest absolute Gasteiger partial charge is 0.478 e. The molecule has 9 heteroatoms. The van der Waals surface area contributed by atoms with Crippen LogP contribution in [-0.4, -0.2) is 46.7 Å². The van der Waals surface area contributed by atoms with Gasteiger partial charge in [0.1, 0.15) is 0 Å². The van der Waals surface area contributed by atoms with Crippen molar-refractivity contribution in [2.45, 2.75) is 4.90 Å². The van der Waals surface area contributed by atoms with Gasteiger partial charge in [0.05, 0.1) is 40.6 Å². The predicted molar refractivity (Wildman–Crippen MR) is 117 cm³/mol. The molecule has 1 aromatic heterocycles. The van der Waals surface area contributed by atoms with Gasteiger partial charge in [0.25, 0.3) is 0 Å². The van der Waals surface area contributed by atoms with Gasteiger partial charge in [-0.3, -0.25) is 4.98 Å². The molecule has 4 rings (SSSR count). The van der Waals surface area contributed by atoms with Gasteiger partial charge in [-0.15, -0.1) is 0 Å². The van der Waals surface area contributed by atoms with Gasteiger partial charge >= 0.3 is 5.97 Å². The van der Waals surface area contributed by atoms with Gasteiger partial charge in [-0.05, 0) is 48.3 Å². The number of hydrogen-bond acceptors (Lipinski definition) is 6. The van der Waals surface area contributed by atoms with E-state index in [1.165, 1.54) is 6.07 Å². The number of ether oxygens (including phenoxy) is 1. The number of pyridine rings is 1. The Bertz CT molecular complexity index is 1070. The van der Waals surface area contributed by atoms with Gasteiger partial charge in [0, 0.05) is 34.7 Å². The maximum absolute atomic E-state index is 11.7. The van der Waals surface area contributed by atoms with Gasteiger partial charge < -0.3 is 15.2 Å². The molecule has 2 N–H and O–H groups in total. The number of fused-ring (bicyclic) bond motifs is 1. The number of halogens is 2. The van der Waals surface area contributed by atoms with Crippen molar-refractivity contribution in [1.29, 1.82) is 0 Å². The summed E-state index contributed by atoms with van der Waals surface area (Å²) >= 11 is 13.8. The number of aromatic nitrogens is 1. The van der Waals surface area contributed by atoms with Gasteiger partial charge in [-0.25, -0.2) is 9.10 Å². The van der Waals surface area contributed by atoms with Crippen molar-refractivity contribution in [3.8, 4) is 0 Å². The molecular formula is C20H17Cl2N3O3S. The third-order valence-corrected chi connectivity index (χ3v) is 6.06. The number of morpholine rings is 1. The van der Waals surface area contributed by atoms with Crippen LogP contribution in [0.1, 0.15) is 10.4 Å². The highest BCUT2D eigenvalue weighted by Crippen LogP contribution is 2.38. The Morgan fingerprint density at radius 2 is 1.86 bits per heavy atom. The molecule has 2 heterocycles. The summed E-state index contributed by atoms with van der Waals surface area (Å²) in [6, 6.07) is 10.2. The van der Waals surface area contributed by atoms with Crippen LogP contribution in [0, 0.1) is 0 Å². The fraction of sp³-hybridized carbons (Fsp3) is 0.200. The van der Waals surface area contributed by atoms with E-state index in [9.17, 15) is 9.90 Å². The van der Waals surface area contributed by atoms with Crippen molar-refractivity contribution < 1.29 is 14.6 Å². The average molecular weight is 450 g/mol. The van der Waals surface area contributed by atoms with Gasteiger partial charge in [0.15, 0.2) is 0 Å². The van der Waals surface area contributed by atoms with Crippen LogP contribution in [0.5, 0.6) is 0 Å². The van der Waals surface area contributed by atoms with Crippen LogP contribution in [0.25, 0.3) is 10.9 Å². The van der Waals surface area contributed by atoms with Crippen LogP contribution in [-0.2, 0) is 4.74 Å². The van der Waals surface area contributed by atoms with E-state index in [-0.39, 0.29) is 5.56 Å². The number of benzene rings is 2. The lowest BCUT2D eigenvalue weighted by Crippen LogP contribution is -2.31. The molecule has 0 aliphatic carbocycles. The molecule has 0 bridgehead atoms. The van der Waals surface area contributed by atoms with Crippen molar-refractivity contribution in [3.63, 3.8) is 0 Å². The van der Waals surface area contributed by atoms with E-state index >= 15 is 0 Å². The van der Waals surface area contributed by atoms with Crippen LogP contribution in [0.4, 0.5) is 11.4 Å². The number of hydrogen-bond donors (Lipinski definition) is 2. The molecule has 0 saturated carbocycles. The second-order valence-electron chi connectivity index (χ2n) is 6.41. The summed E-state index contributed by atoms with van der Waals surface area (Å²) in [5, 5.41) is 14.6. The summed E-state index contributed by atoms with van der Waals surface area (Å²) in [5.74, 6) is -1.06. The molecule has 6 nitrogen and oxygen atoms in total. The summed E-state index contributed by atoms with van der Waals surface area (Å²) in [4.78, 5) is 17.1. The van der Waals surface area contributed by atoms with Crippen molar-refractivity contribution in [2.24, 2.45) is 0 Å². The molecule has 0 amide bonds. The molecule has 2 aromatic carbocycles. The van der Waals surface area contributed by atoms with Crippen molar-refractivity contribution in [3.05, 3.63) is 58.2 Å². The maximum atomic E-state index is 11.7. The summed E-state index contributed by atoms with van der Waals surface area (Å²) in [6.07, 6.45) is 1.79. The van der Waals surface area contributed by atoms with Crippen LogP contribution in [0.3, 0.4) is 0 Å². The number of carboxylic acids is 1. The minimum absolute atomic E-state index is 0.0896. The summed E-state index contributed by atoms with van der Waals surface area (Å²) in [7, 11) is 0. The lowest BCUT2D eigenvalue weighted by molar-refractivity contribution is 0.0698. The molecule has 3 aromatic rings. The number of carboxylic acid groups (broad SMARTS) is 1. The number of rotatable bonds is 5. The van der Waals surface area contributed by atoms with Crippen molar-refractivity contribution >= 4 is 63.4 Å². The number of nitrogens with zero attached hydrogens (tertiary/aromatic N) is 2. The number of anilines is 2. The lowest BCUT2D eigenvalue weighted by atomic mass is 10.1. The normalized spacial score (nSPS) is 14.8. The number of carbonyl (C=O) groups is 1. The van der Waals surface area contributed by atoms with Gasteiger partial charge in [-0.2, -0.15) is 0 Å². The molecule has 1 saturated heterocycles. The Labute approximate surface area is 181 Å². The third-order valence-electron chi connectivity index (χ3n) is 4.46. The molecular weight excluding hydrogens is 433 g/mol. The third kappa shape index (κ3) is 4.60. The topological polar surface area (TPSA) is 74.7 Å². The van der Waals surface area contributed by atoms with E-state index < -0.39 is 5.97 Å². The molecule has 0 radical (unpaired) electrons. The second-order valence-corrected chi connectivity index (χ2v) is 8.42. The Morgan fingerprint density at radius 3 is 2.62 bits per heavy atom. The fourth-order valence-electron chi connectivity index (χ4n) is 3.06. The zero-order valence-electron chi connectivity index (χ0n) is 15.2. The minimum atomic E-state index is -1.06. The van der Waals surface area contributed by atoms with E-state index in [2.05, 4.69) is 14.6 Å². The van der Waals surface area contributed by atoms with Crippen LogP contribution in [0.15, 0.2) is 47.5 Å². The highest BCUT2D eigenvalue weighted by molar-refractivity contribution is 7.97. The Balaban J connectivity index is 1.81. The molecule has 150 valence electrons. The molecule has 1 aliphatic rings. The van der Waals surface area contributed by atoms with Gasteiger partial charge in [0.2, 0.25) is 0 Å².